The lowest BCUT2D eigenvalue weighted by Gasteiger charge is -2.05. The molecule has 0 bridgehead atoms. The fourth-order valence-electron chi connectivity index (χ4n) is 2.23. The van der Waals surface area contributed by atoms with Crippen molar-refractivity contribution in [3.8, 4) is 0 Å². The molecule has 0 heterocycles. The quantitative estimate of drug-likeness (QED) is 0.453. The highest BCUT2D eigenvalue weighted by Crippen LogP contribution is 2.12. The molecule has 0 unspecified atom stereocenters. The van der Waals surface area contributed by atoms with Crippen LogP contribution in [0.5, 0.6) is 0 Å². The summed E-state index contributed by atoms with van der Waals surface area (Å²) in [7, 11) is 0. The van der Waals surface area contributed by atoms with Crippen LogP contribution in [0.1, 0.15) is 28.8 Å². The molecule has 0 aliphatic carbocycles. The van der Waals surface area contributed by atoms with E-state index in [9.17, 15) is 24.1 Å². The number of amides is 1. The third-order valence-electron chi connectivity index (χ3n) is 3.63. The molecule has 130 valence electrons. The van der Waals surface area contributed by atoms with Crippen LogP contribution in [0.25, 0.3) is 0 Å². The van der Waals surface area contributed by atoms with Crippen LogP contribution < -0.4 is 5.32 Å². The van der Waals surface area contributed by atoms with Gasteiger partial charge in [-0.05, 0) is 36.2 Å². The Bertz CT molecular complexity index is 758. The highest BCUT2D eigenvalue weighted by atomic mass is 19.1. The van der Waals surface area contributed by atoms with Gasteiger partial charge < -0.3 is 5.32 Å². The lowest BCUT2D eigenvalue weighted by Crippen LogP contribution is -2.26. The summed E-state index contributed by atoms with van der Waals surface area (Å²) in [4.78, 5) is 33.7. The molecule has 0 atom stereocenters. The van der Waals surface area contributed by atoms with Crippen LogP contribution in [0, 0.1) is 15.9 Å². The van der Waals surface area contributed by atoms with Gasteiger partial charge in [0.15, 0.2) is 5.78 Å². The monoisotopic (exact) mass is 344 g/mol. The van der Waals surface area contributed by atoms with E-state index >= 15 is 0 Å². The van der Waals surface area contributed by atoms with E-state index in [1.807, 2.05) is 0 Å². The van der Waals surface area contributed by atoms with Crippen molar-refractivity contribution in [2.75, 3.05) is 6.54 Å². The topological polar surface area (TPSA) is 89.3 Å². The van der Waals surface area contributed by atoms with E-state index in [4.69, 9.17) is 0 Å². The van der Waals surface area contributed by atoms with Gasteiger partial charge in [0.05, 0.1) is 4.92 Å². The van der Waals surface area contributed by atoms with Gasteiger partial charge in [0, 0.05) is 37.1 Å². The largest absolute Gasteiger partial charge is 0.356 e. The van der Waals surface area contributed by atoms with E-state index in [0.29, 0.717) is 18.5 Å². The number of nitro benzene ring substituents is 1. The first-order valence-corrected chi connectivity index (χ1v) is 7.74. The zero-order valence-electron chi connectivity index (χ0n) is 13.4. The summed E-state index contributed by atoms with van der Waals surface area (Å²) < 4.78 is 12.8. The summed E-state index contributed by atoms with van der Waals surface area (Å²) in [6.45, 7) is 0.376. The minimum atomic E-state index is -0.469. The van der Waals surface area contributed by atoms with Gasteiger partial charge in [0.25, 0.3) is 5.69 Å². The number of benzene rings is 2. The Morgan fingerprint density at radius 3 is 2.24 bits per heavy atom. The molecule has 0 fully saturated rings. The second kappa shape index (κ2) is 8.68. The average Bonchev–Trinajstić information content (AvgIpc) is 2.60. The second-order valence-electron chi connectivity index (χ2n) is 5.45. The first-order valence-electron chi connectivity index (χ1n) is 7.74. The zero-order chi connectivity index (χ0) is 18.2. The molecule has 0 aliphatic heterocycles. The van der Waals surface area contributed by atoms with Gasteiger partial charge in [-0.15, -0.1) is 0 Å². The summed E-state index contributed by atoms with van der Waals surface area (Å²) in [6.07, 6.45) is 0.640. The summed E-state index contributed by atoms with van der Waals surface area (Å²) in [5.41, 5.74) is 1.26. The Balaban J connectivity index is 1.70. The maximum atomic E-state index is 12.8. The zero-order valence-corrected chi connectivity index (χ0v) is 13.4. The van der Waals surface area contributed by atoms with E-state index < -0.39 is 10.7 Å². The lowest BCUT2D eigenvalue weighted by molar-refractivity contribution is -0.384. The lowest BCUT2D eigenvalue weighted by atomic mass is 10.1. The van der Waals surface area contributed by atoms with Crippen molar-refractivity contribution in [3.05, 3.63) is 75.6 Å². The van der Waals surface area contributed by atoms with E-state index in [1.54, 1.807) is 12.1 Å². The first kappa shape index (κ1) is 18.3. The van der Waals surface area contributed by atoms with Gasteiger partial charge in [-0.25, -0.2) is 4.39 Å². The number of nitro groups is 1. The number of non-ortho nitro benzene ring substituents is 1. The Hall–Kier alpha value is -3.09. The van der Waals surface area contributed by atoms with Crippen LogP contribution in [-0.4, -0.2) is 23.2 Å². The molecule has 0 aliphatic rings. The minimum absolute atomic E-state index is 0.0205. The third-order valence-corrected chi connectivity index (χ3v) is 3.63. The summed E-state index contributed by atoms with van der Waals surface area (Å²) in [5.74, 6) is -0.886. The molecule has 6 nitrogen and oxygen atoms in total. The number of hydrogen-bond donors (Lipinski definition) is 1. The maximum Gasteiger partial charge on any atom is 0.269 e. The Labute approximate surface area is 143 Å². The van der Waals surface area contributed by atoms with E-state index in [0.717, 1.165) is 5.56 Å². The molecule has 2 aromatic rings. The summed E-state index contributed by atoms with van der Waals surface area (Å²) in [5, 5.41) is 13.3. The van der Waals surface area contributed by atoms with Gasteiger partial charge in [0.2, 0.25) is 5.91 Å². The van der Waals surface area contributed by atoms with Crippen molar-refractivity contribution in [2.24, 2.45) is 0 Å². The third kappa shape index (κ3) is 5.80. The van der Waals surface area contributed by atoms with Crippen molar-refractivity contribution < 1.29 is 18.9 Å². The predicted octanol–water partition coefficient (Wildman–Crippen LogP) is 3.06. The van der Waals surface area contributed by atoms with Gasteiger partial charge >= 0.3 is 0 Å². The SMILES string of the molecule is O=C(CCC(=O)c1ccc(F)cc1)NCCc1ccc([N+](=O)[O-])cc1. The van der Waals surface area contributed by atoms with Crippen molar-refractivity contribution in [3.63, 3.8) is 0 Å². The Kier molecular flexibility index (Phi) is 6.33. The van der Waals surface area contributed by atoms with Crippen LogP contribution in [0.4, 0.5) is 10.1 Å². The molecule has 1 amide bonds. The van der Waals surface area contributed by atoms with E-state index in [1.165, 1.54) is 36.4 Å². The molecule has 0 radical (unpaired) electrons. The number of carbonyl (C=O) groups is 2. The van der Waals surface area contributed by atoms with Crippen LogP contribution in [0.2, 0.25) is 0 Å². The normalized spacial score (nSPS) is 10.3. The number of halogens is 1. The summed E-state index contributed by atoms with van der Waals surface area (Å²) in [6, 6.07) is 11.3. The van der Waals surface area contributed by atoms with Gasteiger partial charge in [-0.3, -0.25) is 19.7 Å². The number of nitrogens with one attached hydrogen (secondary N) is 1. The fourth-order valence-corrected chi connectivity index (χ4v) is 2.23. The molecule has 2 aromatic carbocycles. The van der Waals surface area contributed by atoms with Crippen LogP contribution >= 0.6 is 0 Å². The molecule has 0 saturated carbocycles. The van der Waals surface area contributed by atoms with Crippen LogP contribution in [-0.2, 0) is 11.2 Å². The fraction of sp³-hybridized carbons (Fsp3) is 0.222. The molecular formula is C18H17FN2O4. The van der Waals surface area contributed by atoms with E-state index in [-0.39, 0.29) is 30.2 Å². The highest BCUT2D eigenvalue weighted by Gasteiger charge is 2.09. The molecule has 0 aromatic heterocycles. The Morgan fingerprint density at radius 2 is 1.64 bits per heavy atom. The minimum Gasteiger partial charge on any atom is -0.356 e. The second-order valence-corrected chi connectivity index (χ2v) is 5.45. The maximum absolute atomic E-state index is 12.8. The molecule has 25 heavy (non-hydrogen) atoms. The van der Waals surface area contributed by atoms with Crippen molar-refractivity contribution in [2.45, 2.75) is 19.3 Å². The van der Waals surface area contributed by atoms with Crippen LogP contribution in [0.3, 0.4) is 0 Å². The van der Waals surface area contributed by atoms with E-state index in [2.05, 4.69) is 5.32 Å². The Morgan fingerprint density at radius 1 is 1.00 bits per heavy atom. The van der Waals surface area contributed by atoms with Crippen molar-refractivity contribution >= 4 is 17.4 Å². The molecule has 1 N–H and O–H groups in total. The standard InChI is InChI=1S/C18H17FN2O4/c19-15-5-3-14(4-6-15)17(22)9-10-18(23)20-12-11-13-1-7-16(8-2-13)21(24)25/h1-8H,9-12H2,(H,20,23). The number of ketones is 1. The molecular weight excluding hydrogens is 327 g/mol. The molecule has 2 rings (SSSR count). The highest BCUT2D eigenvalue weighted by molar-refractivity contribution is 5.97. The number of Topliss-reactive ketones (excluding diaryl/α,β-unsaturated/α-hetero) is 1. The van der Waals surface area contributed by atoms with Crippen molar-refractivity contribution in [1.82, 2.24) is 5.32 Å². The molecule has 0 spiro atoms. The van der Waals surface area contributed by atoms with Gasteiger partial charge in [-0.2, -0.15) is 0 Å². The van der Waals surface area contributed by atoms with Gasteiger partial charge in [-0.1, -0.05) is 12.1 Å². The molecule has 0 saturated heterocycles. The molecule has 7 heteroatoms. The average molecular weight is 344 g/mol. The smallest absolute Gasteiger partial charge is 0.269 e. The number of hydrogen-bond acceptors (Lipinski definition) is 4. The first-order chi connectivity index (χ1) is 12.0. The number of carbonyl (C=O) groups excluding carboxylic acids is 2. The van der Waals surface area contributed by atoms with Crippen LogP contribution in [0.15, 0.2) is 48.5 Å². The summed E-state index contributed by atoms with van der Waals surface area (Å²) >= 11 is 0. The predicted molar refractivity (Wildman–Crippen MR) is 89.8 cm³/mol. The van der Waals surface area contributed by atoms with Crippen molar-refractivity contribution in [1.29, 1.82) is 0 Å². The number of nitrogens with zero attached hydrogens (tertiary/aromatic N) is 1. The van der Waals surface area contributed by atoms with Gasteiger partial charge in [0.1, 0.15) is 5.82 Å². The number of rotatable bonds is 8.